The number of esters is 1. The van der Waals surface area contributed by atoms with Gasteiger partial charge in [0.1, 0.15) is 0 Å². The van der Waals surface area contributed by atoms with Gasteiger partial charge in [0.25, 0.3) is 0 Å². The van der Waals surface area contributed by atoms with Crippen molar-refractivity contribution in [3.05, 3.63) is 40.9 Å². The van der Waals surface area contributed by atoms with Crippen LogP contribution in [0.2, 0.25) is 5.02 Å². The van der Waals surface area contributed by atoms with Crippen LogP contribution in [0.15, 0.2) is 30.4 Å². The Morgan fingerprint density at radius 2 is 2.21 bits per heavy atom. The molecule has 4 heteroatoms. The molecule has 1 fully saturated rings. The molecule has 1 aromatic rings. The summed E-state index contributed by atoms with van der Waals surface area (Å²) in [7, 11) is 0. The molecule has 0 bridgehead atoms. The number of anilines is 1. The smallest absolute Gasteiger partial charge is 0.333 e. The highest BCUT2D eigenvalue weighted by atomic mass is 35.5. The summed E-state index contributed by atoms with van der Waals surface area (Å²) in [6, 6.07) is 5.76. The molecule has 0 spiro atoms. The van der Waals surface area contributed by atoms with Crippen LogP contribution in [-0.4, -0.2) is 12.6 Å². The molecule has 1 aromatic carbocycles. The number of hydrogen-bond acceptors (Lipinski definition) is 3. The van der Waals surface area contributed by atoms with E-state index in [4.69, 9.17) is 22.1 Å². The van der Waals surface area contributed by atoms with Gasteiger partial charge in [0, 0.05) is 5.57 Å². The molecule has 3 nitrogen and oxygen atoms in total. The quantitative estimate of drug-likeness (QED) is 0.510. The maximum absolute atomic E-state index is 11.3. The number of carbonyl (C=O) groups is 1. The second-order valence-electron chi connectivity index (χ2n) is 5.18. The molecule has 0 amide bonds. The summed E-state index contributed by atoms with van der Waals surface area (Å²) in [4.78, 5) is 11.3. The average molecular weight is 280 g/mol. The Hall–Kier alpha value is -1.48. The Kier molecular flexibility index (Phi) is 3.85. The highest BCUT2D eigenvalue weighted by Crippen LogP contribution is 2.51. The number of rotatable bonds is 5. The van der Waals surface area contributed by atoms with Crippen molar-refractivity contribution in [2.45, 2.75) is 31.6 Å². The van der Waals surface area contributed by atoms with Gasteiger partial charge in [-0.3, -0.25) is 0 Å². The van der Waals surface area contributed by atoms with Crippen molar-refractivity contribution in [1.29, 1.82) is 0 Å². The Balaban J connectivity index is 1.97. The maximum Gasteiger partial charge on any atom is 0.333 e. The van der Waals surface area contributed by atoms with Gasteiger partial charge in [0.2, 0.25) is 0 Å². The van der Waals surface area contributed by atoms with Gasteiger partial charge in [-0.1, -0.05) is 24.2 Å². The zero-order valence-corrected chi connectivity index (χ0v) is 11.8. The first-order valence-electron chi connectivity index (χ1n) is 6.33. The number of hydrogen-bond donors (Lipinski definition) is 1. The Bertz CT molecular complexity index is 521. The fourth-order valence-corrected chi connectivity index (χ4v) is 2.29. The standard InChI is InChI=1S/C15H18ClNO2/c1-10(2)14(18)19-8-7-15(5-6-15)11-3-4-12(16)13(17)9-11/h3-4,9H,1,5-8,17H2,2H3. The Morgan fingerprint density at radius 1 is 1.53 bits per heavy atom. The molecule has 102 valence electrons. The van der Waals surface area contributed by atoms with Gasteiger partial charge in [-0.05, 0) is 49.3 Å². The van der Waals surface area contributed by atoms with Crippen molar-refractivity contribution < 1.29 is 9.53 Å². The molecular weight excluding hydrogens is 262 g/mol. The first kappa shape index (κ1) is 13.9. The van der Waals surface area contributed by atoms with E-state index in [1.54, 1.807) is 6.92 Å². The number of benzene rings is 1. The zero-order chi connectivity index (χ0) is 14.0. The molecule has 0 aromatic heterocycles. The average Bonchev–Trinajstić information content (AvgIpc) is 3.13. The molecule has 1 saturated carbocycles. The van der Waals surface area contributed by atoms with E-state index in [9.17, 15) is 4.79 Å². The van der Waals surface area contributed by atoms with Crippen molar-refractivity contribution in [3.63, 3.8) is 0 Å². The van der Waals surface area contributed by atoms with Crippen LogP contribution in [0.4, 0.5) is 5.69 Å². The molecule has 0 radical (unpaired) electrons. The molecule has 0 unspecified atom stereocenters. The van der Waals surface area contributed by atoms with Crippen molar-refractivity contribution in [1.82, 2.24) is 0 Å². The van der Waals surface area contributed by atoms with Gasteiger partial charge in [-0.25, -0.2) is 4.79 Å². The van der Waals surface area contributed by atoms with Gasteiger partial charge in [-0.15, -0.1) is 0 Å². The predicted octanol–water partition coefficient (Wildman–Crippen LogP) is 3.46. The molecule has 2 N–H and O–H groups in total. The lowest BCUT2D eigenvalue weighted by molar-refractivity contribution is -0.139. The minimum atomic E-state index is -0.327. The predicted molar refractivity (Wildman–Crippen MR) is 77.2 cm³/mol. The largest absolute Gasteiger partial charge is 0.462 e. The van der Waals surface area contributed by atoms with Crippen LogP contribution in [0.1, 0.15) is 31.7 Å². The third-order valence-electron chi connectivity index (χ3n) is 3.62. The highest BCUT2D eigenvalue weighted by Gasteiger charge is 2.44. The summed E-state index contributed by atoms with van der Waals surface area (Å²) in [5, 5.41) is 0.577. The molecule has 1 aliphatic carbocycles. The molecule has 2 rings (SSSR count). The molecule has 0 aliphatic heterocycles. The highest BCUT2D eigenvalue weighted by molar-refractivity contribution is 6.33. The van der Waals surface area contributed by atoms with E-state index in [1.807, 2.05) is 18.2 Å². The van der Waals surface area contributed by atoms with Gasteiger partial charge in [0.15, 0.2) is 0 Å². The SMILES string of the molecule is C=C(C)C(=O)OCCC1(c2ccc(Cl)c(N)c2)CC1. The van der Waals surface area contributed by atoms with E-state index < -0.39 is 0 Å². The number of carbonyl (C=O) groups excluding carboxylic acids is 1. The lowest BCUT2D eigenvalue weighted by Gasteiger charge is -2.16. The third-order valence-corrected chi connectivity index (χ3v) is 3.97. The third kappa shape index (κ3) is 3.10. The first-order valence-corrected chi connectivity index (χ1v) is 6.70. The molecular formula is C15H18ClNO2. The summed E-state index contributed by atoms with van der Waals surface area (Å²) in [6.45, 7) is 5.62. The summed E-state index contributed by atoms with van der Waals surface area (Å²) in [5.41, 5.74) is 8.15. The van der Waals surface area contributed by atoms with E-state index in [1.165, 1.54) is 5.56 Å². The van der Waals surface area contributed by atoms with Gasteiger partial charge in [-0.2, -0.15) is 0 Å². The minimum absolute atomic E-state index is 0.105. The van der Waals surface area contributed by atoms with Crippen molar-refractivity contribution in [2.24, 2.45) is 0 Å². The molecule has 0 saturated heterocycles. The van der Waals surface area contributed by atoms with Crippen molar-refractivity contribution in [2.75, 3.05) is 12.3 Å². The number of halogens is 1. The minimum Gasteiger partial charge on any atom is -0.462 e. The van der Waals surface area contributed by atoms with E-state index in [0.717, 1.165) is 19.3 Å². The van der Waals surface area contributed by atoms with Gasteiger partial charge >= 0.3 is 5.97 Å². The van der Waals surface area contributed by atoms with Crippen LogP contribution in [-0.2, 0) is 14.9 Å². The van der Waals surface area contributed by atoms with Crippen LogP contribution in [0, 0.1) is 0 Å². The van der Waals surface area contributed by atoms with E-state index in [-0.39, 0.29) is 11.4 Å². The summed E-state index contributed by atoms with van der Waals surface area (Å²) >= 11 is 5.93. The zero-order valence-electron chi connectivity index (χ0n) is 11.0. The van der Waals surface area contributed by atoms with Gasteiger partial charge < -0.3 is 10.5 Å². The summed E-state index contributed by atoms with van der Waals surface area (Å²) < 4.78 is 5.16. The maximum atomic E-state index is 11.3. The van der Waals surface area contributed by atoms with Crippen LogP contribution < -0.4 is 5.73 Å². The molecule has 19 heavy (non-hydrogen) atoms. The topological polar surface area (TPSA) is 52.3 Å². The monoisotopic (exact) mass is 279 g/mol. The van der Waals surface area contributed by atoms with E-state index in [2.05, 4.69) is 6.58 Å². The second kappa shape index (κ2) is 5.25. The van der Waals surface area contributed by atoms with Crippen LogP contribution in [0.25, 0.3) is 0 Å². The Labute approximate surface area is 118 Å². The number of nitrogens with two attached hydrogens (primary N) is 1. The molecule has 1 aliphatic rings. The van der Waals surface area contributed by atoms with Crippen molar-refractivity contribution >= 4 is 23.3 Å². The molecule has 0 atom stereocenters. The van der Waals surface area contributed by atoms with Crippen LogP contribution >= 0.6 is 11.6 Å². The van der Waals surface area contributed by atoms with Crippen molar-refractivity contribution in [3.8, 4) is 0 Å². The van der Waals surface area contributed by atoms with Gasteiger partial charge in [0.05, 0.1) is 17.3 Å². The number of ether oxygens (including phenoxy) is 1. The molecule has 0 heterocycles. The second-order valence-corrected chi connectivity index (χ2v) is 5.59. The lowest BCUT2D eigenvalue weighted by atomic mass is 9.92. The van der Waals surface area contributed by atoms with Crippen LogP contribution in [0.5, 0.6) is 0 Å². The van der Waals surface area contributed by atoms with Crippen LogP contribution in [0.3, 0.4) is 0 Å². The summed E-state index contributed by atoms with van der Waals surface area (Å²) in [6.07, 6.45) is 3.00. The first-order chi connectivity index (χ1) is 8.94. The summed E-state index contributed by atoms with van der Waals surface area (Å²) in [5.74, 6) is -0.327. The fraction of sp³-hybridized carbons (Fsp3) is 0.400. The normalized spacial score (nSPS) is 15.9. The lowest BCUT2D eigenvalue weighted by Crippen LogP contribution is -2.14. The Morgan fingerprint density at radius 3 is 2.74 bits per heavy atom. The van der Waals surface area contributed by atoms with E-state index in [0.29, 0.717) is 22.9 Å². The number of nitrogen functional groups attached to an aromatic ring is 1. The van der Waals surface area contributed by atoms with E-state index >= 15 is 0 Å². The fourth-order valence-electron chi connectivity index (χ4n) is 2.17.